The minimum absolute atomic E-state index is 0.000544. The van der Waals surface area contributed by atoms with E-state index in [1.54, 1.807) is 0 Å². The van der Waals surface area contributed by atoms with Gasteiger partial charge in [-0.1, -0.05) is 5.16 Å². The van der Waals surface area contributed by atoms with Crippen LogP contribution in [0.15, 0.2) is 22.2 Å². The Morgan fingerprint density at radius 2 is 2.39 bits per heavy atom. The van der Waals surface area contributed by atoms with Gasteiger partial charge in [0.15, 0.2) is 12.4 Å². The summed E-state index contributed by atoms with van der Waals surface area (Å²) in [6.45, 7) is -0.562. The quantitative estimate of drug-likeness (QED) is 0.456. The molecule has 2 heterocycles. The number of hydrogen-bond acceptors (Lipinski definition) is 7. The maximum Gasteiger partial charge on any atom is 0.351 e. The third-order valence-electron chi connectivity index (χ3n) is 2.57. The number of aromatic nitrogens is 2. The molecule has 3 atom stereocenters. The number of anilines is 1. The van der Waals surface area contributed by atoms with E-state index in [1.165, 1.54) is 12.3 Å². The van der Waals surface area contributed by atoms with E-state index in [0.29, 0.717) is 0 Å². The largest absolute Gasteiger partial charge is 0.411 e. The number of aliphatic hydroxyl groups excluding tert-OH is 1. The predicted molar refractivity (Wildman–Crippen MR) is 58.0 cm³/mol. The molecule has 9 heteroatoms. The van der Waals surface area contributed by atoms with E-state index < -0.39 is 30.8 Å². The van der Waals surface area contributed by atoms with Crippen LogP contribution in [0.25, 0.3) is 0 Å². The Bertz CT molecular complexity index is 532. The fourth-order valence-electron chi connectivity index (χ4n) is 1.71. The molecule has 0 saturated carbocycles. The van der Waals surface area contributed by atoms with Crippen molar-refractivity contribution in [2.45, 2.75) is 18.5 Å². The lowest BCUT2D eigenvalue weighted by Crippen LogP contribution is -2.31. The maximum atomic E-state index is 13.9. The van der Waals surface area contributed by atoms with E-state index in [1.807, 2.05) is 0 Å². The first kappa shape index (κ1) is 12.5. The van der Waals surface area contributed by atoms with Crippen LogP contribution in [0.4, 0.5) is 10.2 Å². The van der Waals surface area contributed by atoms with Crippen LogP contribution < -0.4 is 11.4 Å². The average molecular weight is 258 g/mol. The van der Waals surface area contributed by atoms with E-state index in [2.05, 4.69) is 10.1 Å². The molecule has 4 N–H and O–H groups in total. The second kappa shape index (κ2) is 4.70. The number of nitrogens with zero attached hydrogens (tertiary/aromatic N) is 3. The molecule has 98 valence electrons. The number of nitrogens with two attached hydrogens (primary N) is 1. The van der Waals surface area contributed by atoms with Crippen LogP contribution >= 0.6 is 0 Å². The van der Waals surface area contributed by atoms with E-state index in [0.717, 1.165) is 4.57 Å². The monoisotopic (exact) mass is 258 g/mol. The van der Waals surface area contributed by atoms with Gasteiger partial charge in [-0.3, -0.25) is 4.57 Å². The van der Waals surface area contributed by atoms with Gasteiger partial charge in [0.05, 0.1) is 6.61 Å². The highest BCUT2D eigenvalue weighted by atomic mass is 19.1. The summed E-state index contributed by atoms with van der Waals surface area (Å²) in [6.07, 6.45) is -3.07. The van der Waals surface area contributed by atoms with Crippen LogP contribution in [-0.4, -0.2) is 44.5 Å². The summed E-state index contributed by atoms with van der Waals surface area (Å²) in [6, 6.07) is 1.31. The van der Waals surface area contributed by atoms with Gasteiger partial charge in [-0.25, -0.2) is 9.18 Å². The third-order valence-corrected chi connectivity index (χ3v) is 2.57. The number of alkyl halides is 1. The smallest absolute Gasteiger partial charge is 0.351 e. The van der Waals surface area contributed by atoms with Crippen LogP contribution in [0.2, 0.25) is 0 Å². The van der Waals surface area contributed by atoms with Gasteiger partial charge in [-0.05, 0) is 6.07 Å². The summed E-state index contributed by atoms with van der Waals surface area (Å²) in [5.41, 5.74) is 4.14. The number of nitrogen functional groups attached to an aromatic ring is 1. The van der Waals surface area contributed by atoms with Crippen molar-refractivity contribution in [2.24, 2.45) is 5.16 Å². The SMILES string of the molecule is Nc1ccn([C@@H]2O[C@H](CO)/C(=N/O)[C@H]2F)c(=O)n1. The number of hydrogen-bond donors (Lipinski definition) is 3. The first-order valence-corrected chi connectivity index (χ1v) is 5.05. The zero-order valence-corrected chi connectivity index (χ0v) is 9.10. The Morgan fingerprint density at radius 3 is 2.89 bits per heavy atom. The Balaban J connectivity index is 2.38. The topological polar surface area (TPSA) is 123 Å². The molecule has 1 fully saturated rings. The molecule has 1 aliphatic heterocycles. The predicted octanol–water partition coefficient (Wildman–Crippen LogP) is -1.12. The van der Waals surface area contributed by atoms with Gasteiger partial charge in [0, 0.05) is 6.20 Å². The zero-order chi connectivity index (χ0) is 13.3. The Kier molecular flexibility index (Phi) is 3.26. The summed E-state index contributed by atoms with van der Waals surface area (Å²) < 4.78 is 19.9. The number of rotatable bonds is 2. The summed E-state index contributed by atoms with van der Waals surface area (Å²) in [5.74, 6) is -0.000544. The van der Waals surface area contributed by atoms with Gasteiger partial charge >= 0.3 is 5.69 Å². The average Bonchev–Trinajstić information content (AvgIpc) is 2.66. The number of ether oxygens (including phenoxy) is 1. The number of aliphatic hydroxyl groups is 1. The van der Waals surface area contributed by atoms with E-state index >= 15 is 0 Å². The third kappa shape index (κ3) is 1.93. The zero-order valence-electron chi connectivity index (χ0n) is 9.10. The van der Waals surface area contributed by atoms with Gasteiger partial charge in [-0.15, -0.1) is 0 Å². The second-order valence-electron chi connectivity index (χ2n) is 3.67. The minimum Gasteiger partial charge on any atom is -0.411 e. The molecular weight excluding hydrogens is 247 g/mol. The molecule has 8 nitrogen and oxygen atoms in total. The molecule has 1 saturated heterocycles. The van der Waals surface area contributed by atoms with Crippen molar-refractivity contribution in [1.82, 2.24) is 9.55 Å². The highest BCUT2D eigenvalue weighted by molar-refractivity contribution is 5.94. The number of oxime groups is 1. The van der Waals surface area contributed by atoms with Crippen LogP contribution in [-0.2, 0) is 4.74 Å². The highest BCUT2D eigenvalue weighted by Gasteiger charge is 2.43. The van der Waals surface area contributed by atoms with Gasteiger partial charge in [0.25, 0.3) is 0 Å². The Labute approximate surface area is 100 Å². The standard InChI is InChI=1S/C9H11FN4O4/c10-6-7(13-17)4(3-15)18-8(6)14-2-1-5(11)12-9(14)16/h1-2,4,6,8,15,17H,3H2,(H2,11,12,16)/b13-7-/t4-,6-,8-/m1/s1. The molecule has 0 unspecified atom stereocenters. The lowest BCUT2D eigenvalue weighted by molar-refractivity contribution is -0.0364. The fraction of sp³-hybridized carbons (Fsp3) is 0.444. The van der Waals surface area contributed by atoms with E-state index in [9.17, 15) is 9.18 Å². The highest BCUT2D eigenvalue weighted by Crippen LogP contribution is 2.28. The van der Waals surface area contributed by atoms with Crippen molar-refractivity contribution < 1.29 is 19.4 Å². The van der Waals surface area contributed by atoms with Crippen molar-refractivity contribution in [3.8, 4) is 0 Å². The van der Waals surface area contributed by atoms with E-state index in [4.69, 9.17) is 20.8 Å². The molecule has 18 heavy (non-hydrogen) atoms. The van der Waals surface area contributed by atoms with Crippen molar-refractivity contribution in [3.05, 3.63) is 22.7 Å². The first-order chi connectivity index (χ1) is 8.58. The molecule has 1 aromatic heterocycles. The van der Waals surface area contributed by atoms with Gasteiger partial charge < -0.3 is 20.8 Å². The Hall–Kier alpha value is -2.00. The van der Waals surface area contributed by atoms with Crippen molar-refractivity contribution >= 4 is 11.5 Å². The molecule has 1 aromatic rings. The lowest BCUT2D eigenvalue weighted by atomic mass is 10.2. The summed E-state index contributed by atoms with van der Waals surface area (Å²) in [4.78, 5) is 15.0. The summed E-state index contributed by atoms with van der Waals surface area (Å²) >= 11 is 0. The van der Waals surface area contributed by atoms with Crippen LogP contribution in [0.3, 0.4) is 0 Å². The molecule has 2 rings (SSSR count). The molecule has 0 aliphatic carbocycles. The fourth-order valence-corrected chi connectivity index (χ4v) is 1.71. The summed E-state index contributed by atoms with van der Waals surface area (Å²) in [5, 5.41) is 20.3. The van der Waals surface area contributed by atoms with Gasteiger partial charge in [-0.2, -0.15) is 4.98 Å². The summed E-state index contributed by atoms with van der Waals surface area (Å²) in [7, 11) is 0. The molecular formula is C9H11FN4O4. The maximum absolute atomic E-state index is 13.9. The van der Waals surface area contributed by atoms with Crippen molar-refractivity contribution in [1.29, 1.82) is 0 Å². The van der Waals surface area contributed by atoms with Gasteiger partial charge in [0.2, 0.25) is 0 Å². The first-order valence-electron chi connectivity index (χ1n) is 5.05. The van der Waals surface area contributed by atoms with E-state index in [-0.39, 0.29) is 11.5 Å². The Morgan fingerprint density at radius 1 is 1.67 bits per heavy atom. The molecule has 0 aromatic carbocycles. The van der Waals surface area contributed by atoms with Gasteiger partial charge in [0.1, 0.15) is 17.6 Å². The molecule has 0 amide bonds. The molecule has 0 spiro atoms. The van der Waals surface area contributed by atoms with Crippen molar-refractivity contribution in [3.63, 3.8) is 0 Å². The molecule has 1 aliphatic rings. The van der Waals surface area contributed by atoms with Crippen LogP contribution in [0.1, 0.15) is 6.23 Å². The second-order valence-corrected chi connectivity index (χ2v) is 3.67. The number of halogens is 1. The molecule has 0 bridgehead atoms. The normalized spacial score (nSPS) is 29.9. The minimum atomic E-state index is -1.85. The lowest BCUT2D eigenvalue weighted by Gasteiger charge is -2.14. The van der Waals surface area contributed by atoms with Crippen LogP contribution in [0.5, 0.6) is 0 Å². The van der Waals surface area contributed by atoms with Crippen LogP contribution in [0, 0.1) is 0 Å². The molecule has 0 radical (unpaired) electrons. The van der Waals surface area contributed by atoms with Crippen molar-refractivity contribution in [2.75, 3.05) is 12.3 Å².